The van der Waals surface area contributed by atoms with Crippen molar-refractivity contribution in [2.45, 2.75) is 50.9 Å². The molecule has 1 heterocycles. The van der Waals surface area contributed by atoms with E-state index in [4.69, 9.17) is 9.47 Å². The second-order valence-electron chi connectivity index (χ2n) is 5.72. The molecular weight excluding hydrogens is 238 g/mol. The summed E-state index contributed by atoms with van der Waals surface area (Å²) in [7, 11) is 0. The first kappa shape index (κ1) is 12.9. The molecule has 3 nitrogen and oxygen atoms in total. The Hall–Kier alpha value is -1.06. The lowest BCUT2D eigenvalue weighted by molar-refractivity contribution is 0.00692. The van der Waals surface area contributed by atoms with Gasteiger partial charge in [-0.15, -0.1) is 0 Å². The van der Waals surface area contributed by atoms with Gasteiger partial charge in [0, 0.05) is 12.6 Å². The molecule has 0 radical (unpaired) electrons. The van der Waals surface area contributed by atoms with Crippen molar-refractivity contribution in [2.24, 2.45) is 0 Å². The zero-order chi connectivity index (χ0) is 13.1. The van der Waals surface area contributed by atoms with E-state index >= 15 is 0 Å². The fourth-order valence-corrected chi connectivity index (χ4v) is 2.86. The number of benzene rings is 1. The molecule has 2 fully saturated rings. The van der Waals surface area contributed by atoms with Crippen LogP contribution in [0.5, 0.6) is 5.75 Å². The third-order valence-corrected chi connectivity index (χ3v) is 4.06. The number of hydrogen-bond acceptors (Lipinski definition) is 3. The van der Waals surface area contributed by atoms with Gasteiger partial charge in [0.05, 0.1) is 18.8 Å². The van der Waals surface area contributed by atoms with Gasteiger partial charge in [-0.1, -0.05) is 12.1 Å². The van der Waals surface area contributed by atoms with Gasteiger partial charge in [-0.25, -0.2) is 0 Å². The molecule has 0 spiro atoms. The Morgan fingerprint density at radius 1 is 1.16 bits per heavy atom. The summed E-state index contributed by atoms with van der Waals surface area (Å²) in [6, 6.07) is 8.88. The van der Waals surface area contributed by atoms with Crippen LogP contribution in [0.2, 0.25) is 0 Å². The third kappa shape index (κ3) is 3.28. The Labute approximate surface area is 115 Å². The van der Waals surface area contributed by atoms with Gasteiger partial charge in [-0.2, -0.15) is 0 Å². The van der Waals surface area contributed by atoms with Crippen LogP contribution in [0.4, 0.5) is 0 Å². The second-order valence-corrected chi connectivity index (χ2v) is 5.72. The van der Waals surface area contributed by atoms with E-state index in [1.165, 1.54) is 31.2 Å². The molecule has 3 heteroatoms. The van der Waals surface area contributed by atoms with Gasteiger partial charge >= 0.3 is 0 Å². The van der Waals surface area contributed by atoms with Crippen molar-refractivity contribution >= 4 is 0 Å². The monoisotopic (exact) mass is 261 g/mol. The summed E-state index contributed by atoms with van der Waals surface area (Å²) in [5.74, 6) is 0.993. The summed E-state index contributed by atoms with van der Waals surface area (Å²) in [6.45, 7) is 3.82. The molecule has 1 aliphatic heterocycles. The molecule has 0 amide bonds. The topological polar surface area (TPSA) is 30.5 Å². The predicted molar refractivity (Wildman–Crippen MR) is 75.5 cm³/mol. The second kappa shape index (κ2) is 5.93. The van der Waals surface area contributed by atoms with E-state index in [2.05, 4.69) is 36.5 Å². The maximum atomic E-state index is 5.98. The summed E-state index contributed by atoms with van der Waals surface area (Å²) in [6.07, 6.45) is 5.63. The molecule has 0 aromatic heterocycles. The number of rotatable bonds is 3. The minimum absolute atomic E-state index is 0.178. The molecule has 19 heavy (non-hydrogen) atoms. The van der Waals surface area contributed by atoms with Crippen LogP contribution in [0.3, 0.4) is 0 Å². The van der Waals surface area contributed by atoms with Crippen LogP contribution in [0.1, 0.15) is 44.3 Å². The van der Waals surface area contributed by atoms with Gasteiger partial charge in [0.15, 0.2) is 0 Å². The van der Waals surface area contributed by atoms with E-state index < -0.39 is 0 Å². The standard InChI is InChI=1S/C16H23NO2/c1-12-11-18-16(10-17-12)13-6-8-15(9-7-13)19-14-4-2-3-5-14/h6-9,12,14,16-17H,2-5,10-11H2,1H3. The Bertz CT molecular complexity index is 390. The Balaban J connectivity index is 1.58. The van der Waals surface area contributed by atoms with E-state index in [1.807, 2.05) is 0 Å². The number of ether oxygens (including phenoxy) is 2. The highest BCUT2D eigenvalue weighted by molar-refractivity contribution is 5.29. The van der Waals surface area contributed by atoms with Crippen molar-refractivity contribution in [1.29, 1.82) is 0 Å². The van der Waals surface area contributed by atoms with Crippen molar-refractivity contribution < 1.29 is 9.47 Å². The van der Waals surface area contributed by atoms with Crippen molar-refractivity contribution in [2.75, 3.05) is 13.2 Å². The molecule has 2 atom stereocenters. The van der Waals surface area contributed by atoms with Crippen LogP contribution in [0, 0.1) is 0 Å². The molecule has 1 N–H and O–H groups in total. The van der Waals surface area contributed by atoms with Crippen molar-refractivity contribution in [3.8, 4) is 5.75 Å². The van der Waals surface area contributed by atoms with Gasteiger partial charge < -0.3 is 14.8 Å². The fourth-order valence-electron chi connectivity index (χ4n) is 2.86. The van der Waals surface area contributed by atoms with E-state index in [1.54, 1.807) is 0 Å². The largest absolute Gasteiger partial charge is 0.490 e. The minimum Gasteiger partial charge on any atom is -0.490 e. The smallest absolute Gasteiger partial charge is 0.119 e. The highest BCUT2D eigenvalue weighted by Crippen LogP contribution is 2.26. The normalized spacial score (nSPS) is 28.5. The van der Waals surface area contributed by atoms with Crippen LogP contribution in [0.15, 0.2) is 24.3 Å². The van der Waals surface area contributed by atoms with Gasteiger partial charge in [0.25, 0.3) is 0 Å². The fraction of sp³-hybridized carbons (Fsp3) is 0.625. The van der Waals surface area contributed by atoms with E-state index in [9.17, 15) is 0 Å². The zero-order valence-electron chi connectivity index (χ0n) is 11.6. The van der Waals surface area contributed by atoms with Crippen LogP contribution in [-0.2, 0) is 4.74 Å². The lowest BCUT2D eigenvalue weighted by atomic mass is 10.1. The number of hydrogen-bond donors (Lipinski definition) is 1. The third-order valence-electron chi connectivity index (χ3n) is 4.06. The molecule has 2 unspecified atom stereocenters. The van der Waals surface area contributed by atoms with Crippen molar-refractivity contribution in [1.82, 2.24) is 5.32 Å². The van der Waals surface area contributed by atoms with E-state index in [0.717, 1.165) is 18.9 Å². The van der Waals surface area contributed by atoms with E-state index in [0.29, 0.717) is 12.1 Å². The molecule has 1 aliphatic carbocycles. The molecule has 1 aromatic carbocycles. The predicted octanol–water partition coefficient (Wildman–Crippen LogP) is 3.06. The summed E-state index contributed by atoms with van der Waals surface area (Å²) in [5, 5.41) is 3.45. The molecular formula is C16H23NO2. The zero-order valence-corrected chi connectivity index (χ0v) is 11.6. The molecule has 1 saturated carbocycles. The first-order chi connectivity index (χ1) is 9.31. The SMILES string of the molecule is CC1COC(c2ccc(OC3CCCC3)cc2)CN1. The van der Waals surface area contributed by atoms with Gasteiger partial charge in [0.1, 0.15) is 5.75 Å². The molecule has 1 saturated heterocycles. The van der Waals surface area contributed by atoms with Crippen molar-refractivity contribution in [3.63, 3.8) is 0 Å². The van der Waals surface area contributed by atoms with Crippen LogP contribution >= 0.6 is 0 Å². The molecule has 3 rings (SSSR count). The molecule has 0 bridgehead atoms. The Morgan fingerprint density at radius 3 is 2.53 bits per heavy atom. The average Bonchev–Trinajstić information content (AvgIpc) is 2.94. The molecule has 104 valence electrons. The lowest BCUT2D eigenvalue weighted by Gasteiger charge is -2.28. The van der Waals surface area contributed by atoms with Crippen LogP contribution in [-0.4, -0.2) is 25.3 Å². The minimum atomic E-state index is 0.178. The highest BCUT2D eigenvalue weighted by atomic mass is 16.5. The average molecular weight is 261 g/mol. The van der Waals surface area contributed by atoms with Crippen LogP contribution < -0.4 is 10.1 Å². The first-order valence-corrected chi connectivity index (χ1v) is 7.43. The summed E-state index contributed by atoms with van der Waals surface area (Å²) in [5.41, 5.74) is 1.23. The summed E-state index contributed by atoms with van der Waals surface area (Å²) in [4.78, 5) is 0. The van der Waals surface area contributed by atoms with Gasteiger partial charge in [0.2, 0.25) is 0 Å². The van der Waals surface area contributed by atoms with Crippen LogP contribution in [0.25, 0.3) is 0 Å². The van der Waals surface area contributed by atoms with Gasteiger partial charge in [-0.3, -0.25) is 0 Å². The first-order valence-electron chi connectivity index (χ1n) is 7.43. The summed E-state index contributed by atoms with van der Waals surface area (Å²) >= 11 is 0. The van der Waals surface area contributed by atoms with Gasteiger partial charge in [-0.05, 0) is 50.3 Å². The summed E-state index contributed by atoms with van der Waals surface area (Å²) < 4.78 is 11.8. The number of nitrogens with one attached hydrogen (secondary N) is 1. The Kier molecular flexibility index (Phi) is 4.04. The Morgan fingerprint density at radius 2 is 1.89 bits per heavy atom. The lowest BCUT2D eigenvalue weighted by Crippen LogP contribution is -2.40. The number of morpholine rings is 1. The maximum Gasteiger partial charge on any atom is 0.119 e. The quantitative estimate of drug-likeness (QED) is 0.907. The maximum absolute atomic E-state index is 5.98. The molecule has 1 aromatic rings. The van der Waals surface area contributed by atoms with E-state index in [-0.39, 0.29) is 6.10 Å². The molecule has 2 aliphatic rings. The highest BCUT2D eigenvalue weighted by Gasteiger charge is 2.20. The van der Waals surface area contributed by atoms with Crippen molar-refractivity contribution in [3.05, 3.63) is 29.8 Å².